The summed E-state index contributed by atoms with van der Waals surface area (Å²) in [5.74, 6) is 0.458. The largest absolute Gasteiger partial charge is 0.312 e. The predicted octanol–water partition coefficient (Wildman–Crippen LogP) is 0.137. The van der Waals surface area contributed by atoms with Crippen molar-refractivity contribution in [2.45, 2.75) is 0 Å². The van der Waals surface area contributed by atoms with Crippen molar-refractivity contribution in [1.29, 1.82) is 0 Å². The van der Waals surface area contributed by atoms with Gasteiger partial charge in [0.2, 0.25) is 5.95 Å². The normalized spacial score (nSPS) is 8.57. The molecule has 1 aromatic rings. The van der Waals surface area contributed by atoms with Crippen molar-refractivity contribution < 1.29 is 0 Å². The summed E-state index contributed by atoms with van der Waals surface area (Å²) in [4.78, 5) is 6.09. The highest BCUT2D eigenvalue weighted by Gasteiger charge is 1.81. The smallest absolute Gasteiger partial charge is 0.247 e. The van der Waals surface area contributed by atoms with Gasteiger partial charge in [0.05, 0.1) is 0 Å². The van der Waals surface area contributed by atoms with Gasteiger partial charge in [-0.3, -0.25) is 0 Å². The van der Waals surface area contributed by atoms with Gasteiger partial charge in [0.1, 0.15) is 6.33 Å². The topological polar surface area (TPSA) is 53.9 Å². The average Bonchev–Trinajstić information content (AvgIpc) is 2.14. The molecule has 0 saturated heterocycles. The van der Waals surface area contributed by atoms with Crippen molar-refractivity contribution in [2.75, 3.05) is 0 Å². The zero-order valence-corrected chi connectivity index (χ0v) is 3.63. The van der Waals surface area contributed by atoms with E-state index in [0.29, 0.717) is 5.95 Å². The van der Waals surface area contributed by atoms with Crippen LogP contribution in [-0.4, -0.2) is 21.9 Å². The number of aromatic amines is 1. The third-order valence-electron chi connectivity index (χ3n) is 0.554. The van der Waals surface area contributed by atoms with E-state index in [1.165, 1.54) is 6.33 Å². The molecule has 0 aliphatic heterocycles. The lowest BCUT2D eigenvalue weighted by Gasteiger charge is -1.70. The molecule has 36 valence electrons. The van der Waals surface area contributed by atoms with Crippen LogP contribution < -0.4 is 0 Å². The molecule has 0 saturated carbocycles. The minimum absolute atomic E-state index is 0.458. The number of nitrogens with one attached hydrogen (secondary N) is 1. The van der Waals surface area contributed by atoms with E-state index < -0.39 is 0 Å². The maximum absolute atomic E-state index is 3.50. The molecule has 4 heteroatoms. The molecular weight excluding hydrogens is 92.1 g/mol. The Morgan fingerprint density at radius 2 is 2.71 bits per heavy atom. The van der Waals surface area contributed by atoms with Crippen molar-refractivity contribution in [3.63, 3.8) is 0 Å². The van der Waals surface area contributed by atoms with Crippen molar-refractivity contribution in [3.8, 4) is 0 Å². The first-order chi connectivity index (χ1) is 3.43. The SMILES string of the molecule is C=Nc1nnc[nH]1. The van der Waals surface area contributed by atoms with Crippen LogP contribution in [0.4, 0.5) is 5.95 Å². The lowest BCUT2D eigenvalue weighted by molar-refractivity contribution is 1.08. The zero-order chi connectivity index (χ0) is 5.11. The summed E-state index contributed by atoms with van der Waals surface area (Å²) in [6.45, 7) is 3.22. The van der Waals surface area contributed by atoms with E-state index in [-0.39, 0.29) is 0 Å². The molecule has 1 heterocycles. The first kappa shape index (κ1) is 3.98. The number of H-pyrrole nitrogens is 1. The first-order valence-electron chi connectivity index (χ1n) is 1.76. The summed E-state index contributed by atoms with van der Waals surface area (Å²) in [5, 5.41) is 6.95. The van der Waals surface area contributed by atoms with Gasteiger partial charge in [-0.05, 0) is 6.72 Å². The van der Waals surface area contributed by atoms with Crippen LogP contribution in [0.3, 0.4) is 0 Å². The second-order valence-electron chi connectivity index (χ2n) is 0.971. The molecule has 0 spiro atoms. The second kappa shape index (κ2) is 1.51. The van der Waals surface area contributed by atoms with Gasteiger partial charge >= 0.3 is 0 Å². The maximum atomic E-state index is 3.50. The zero-order valence-electron chi connectivity index (χ0n) is 3.63. The van der Waals surface area contributed by atoms with Crippen molar-refractivity contribution in [1.82, 2.24) is 15.2 Å². The molecule has 0 aliphatic rings. The van der Waals surface area contributed by atoms with E-state index >= 15 is 0 Å². The van der Waals surface area contributed by atoms with Gasteiger partial charge in [-0.1, -0.05) is 0 Å². The minimum Gasteiger partial charge on any atom is -0.312 e. The predicted molar refractivity (Wildman–Crippen MR) is 25.6 cm³/mol. The van der Waals surface area contributed by atoms with E-state index in [9.17, 15) is 0 Å². The number of hydrogen-bond acceptors (Lipinski definition) is 3. The number of aromatic nitrogens is 3. The highest BCUT2D eigenvalue weighted by atomic mass is 15.2. The second-order valence-corrected chi connectivity index (χ2v) is 0.971. The Bertz CT molecular complexity index is 142. The van der Waals surface area contributed by atoms with Gasteiger partial charge in [0.15, 0.2) is 0 Å². The fourth-order valence-corrected chi connectivity index (χ4v) is 0.276. The third kappa shape index (κ3) is 0.623. The number of aliphatic imine (C=N–C) groups is 1. The molecule has 0 aliphatic carbocycles. The number of rotatable bonds is 1. The third-order valence-corrected chi connectivity index (χ3v) is 0.554. The molecule has 7 heavy (non-hydrogen) atoms. The molecular formula is C3H4N4. The van der Waals surface area contributed by atoms with Gasteiger partial charge in [0.25, 0.3) is 0 Å². The number of nitrogens with zero attached hydrogens (tertiary/aromatic N) is 3. The van der Waals surface area contributed by atoms with Gasteiger partial charge < -0.3 is 4.98 Å². The molecule has 0 fully saturated rings. The van der Waals surface area contributed by atoms with E-state index in [1.807, 2.05) is 0 Å². The van der Waals surface area contributed by atoms with Crippen molar-refractivity contribution in [2.24, 2.45) is 4.99 Å². The summed E-state index contributed by atoms with van der Waals surface area (Å²) in [5.41, 5.74) is 0. The van der Waals surface area contributed by atoms with E-state index in [0.717, 1.165) is 0 Å². The molecule has 1 N–H and O–H groups in total. The lowest BCUT2D eigenvalue weighted by Crippen LogP contribution is -1.62. The van der Waals surface area contributed by atoms with Crippen molar-refractivity contribution >= 4 is 12.7 Å². The Kier molecular flexibility index (Phi) is 0.856. The monoisotopic (exact) mass is 96.0 g/mol. The summed E-state index contributed by atoms with van der Waals surface area (Å²) in [7, 11) is 0. The Morgan fingerprint density at radius 3 is 3.00 bits per heavy atom. The van der Waals surface area contributed by atoms with Crippen LogP contribution in [0.2, 0.25) is 0 Å². The maximum Gasteiger partial charge on any atom is 0.247 e. The molecule has 0 atom stereocenters. The van der Waals surface area contributed by atoms with Gasteiger partial charge in [-0.2, -0.15) is 0 Å². The molecule has 0 amide bonds. The van der Waals surface area contributed by atoms with E-state index in [4.69, 9.17) is 0 Å². The molecule has 0 aromatic carbocycles. The summed E-state index contributed by atoms with van der Waals surface area (Å²) in [6, 6.07) is 0. The fourth-order valence-electron chi connectivity index (χ4n) is 0.276. The Labute approximate surface area is 40.3 Å². The lowest BCUT2D eigenvalue weighted by atomic mass is 11.1. The van der Waals surface area contributed by atoms with Crippen molar-refractivity contribution in [3.05, 3.63) is 6.33 Å². The van der Waals surface area contributed by atoms with Crippen LogP contribution in [0, 0.1) is 0 Å². The van der Waals surface area contributed by atoms with E-state index in [1.54, 1.807) is 0 Å². The number of hydrogen-bond donors (Lipinski definition) is 1. The average molecular weight is 96.1 g/mol. The van der Waals surface area contributed by atoms with Gasteiger partial charge in [-0.25, -0.2) is 4.99 Å². The van der Waals surface area contributed by atoms with Gasteiger partial charge in [0, 0.05) is 0 Å². The quantitative estimate of drug-likeness (QED) is 0.505. The van der Waals surface area contributed by atoms with Crippen LogP contribution in [0.5, 0.6) is 0 Å². The van der Waals surface area contributed by atoms with Crippen LogP contribution in [0.15, 0.2) is 11.3 Å². The molecule has 0 radical (unpaired) electrons. The standard InChI is InChI=1S/C3H4N4/c1-4-3-5-2-6-7-3/h2H,1H2,(H,5,6,7). The summed E-state index contributed by atoms with van der Waals surface area (Å²) in [6.07, 6.45) is 1.45. The summed E-state index contributed by atoms with van der Waals surface area (Å²) >= 11 is 0. The molecule has 4 nitrogen and oxygen atoms in total. The van der Waals surface area contributed by atoms with Crippen LogP contribution >= 0.6 is 0 Å². The van der Waals surface area contributed by atoms with Crippen LogP contribution in [0.1, 0.15) is 0 Å². The van der Waals surface area contributed by atoms with Crippen LogP contribution in [-0.2, 0) is 0 Å². The Balaban J connectivity index is 2.96. The molecule has 1 rings (SSSR count). The Morgan fingerprint density at radius 1 is 1.86 bits per heavy atom. The highest BCUT2D eigenvalue weighted by Crippen LogP contribution is 1.92. The minimum atomic E-state index is 0.458. The highest BCUT2D eigenvalue weighted by molar-refractivity contribution is 5.32. The molecule has 0 bridgehead atoms. The molecule has 1 aromatic heterocycles. The molecule has 0 unspecified atom stereocenters. The van der Waals surface area contributed by atoms with Gasteiger partial charge in [-0.15, -0.1) is 10.2 Å². The summed E-state index contributed by atoms with van der Waals surface area (Å²) < 4.78 is 0. The Hall–Kier alpha value is -1.19. The van der Waals surface area contributed by atoms with Crippen LogP contribution in [0.25, 0.3) is 0 Å². The first-order valence-corrected chi connectivity index (χ1v) is 1.76. The fraction of sp³-hybridized carbons (Fsp3) is 0. The van der Waals surface area contributed by atoms with E-state index in [2.05, 4.69) is 26.9 Å².